The molecule has 0 fully saturated rings. The Morgan fingerprint density at radius 3 is 2.85 bits per heavy atom. The maximum Gasteiger partial charge on any atom is 0.252 e. The molecule has 1 aromatic carbocycles. The number of amides is 1. The second kappa shape index (κ2) is 6.89. The summed E-state index contributed by atoms with van der Waals surface area (Å²) in [7, 11) is 2.13. The van der Waals surface area contributed by atoms with Crippen LogP contribution >= 0.6 is 0 Å². The molecule has 6 nitrogen and oxygen atoms in total. The number of fused-ring (bicyclic) bond motifs is 1. The number of nitrogens with zero attached hydrogens (tertiary/aromatic N) is 3. The van der Waals surface area contributed by atoms with E-state index in [1.807, 2.05) is 17.0 Å². The third-order valence-electron chi connectivity index (χ3n) is 5.06. The monoisotopic (exact) mass is 362 g/mol. The number of aromatic hydroxyl groups is 1. The fourth-order valence-corrected chi connectivity index (χ4v) is 3.49. The first-order valence-electron chi connectivity index (χ1n) is 8.96. The van der Waals surface area contributed by atoms with E-state index >= 15 is 0 Å². The highest BCUT2D eigenvalue weighted by Crippen LogP contribution is 2.25. The van der Waals surface area contributed by atoms with Crippen molar-refractivity contribution in [3.63, 3.8) is 0 Å². The number of phenols is 1. The van der Waals surface area contributed by atoms with E-state index in [4.69, 9.17) is 5.73 Å². The van der Waals surface area contributed by atoms with E-state index in [9.17, 15) is 9.90 Å². The lowest BCUT2D eigenvalue weighted by atomic mass is 10.0. The molecule has 3 aromatic rings. The molecule has 1 aliphatic rings. The molecule has 0 saturated heterocycles. The number of pyridine rings is 1. The number of carbonyl (C=O) groups is 1. The molecular weight excluding hydrogens is 340 g/mol. The van der Waals surface area contributed by atoms with Crippen molar-refractivity contribution in [3.8, 4) is 5.75 Å². The first-order chi connectivity index (χ1) is 13.0. The van der Waals surface area contributed by atoms with Gasteiger partial charge in [0, 0.05) is 37.4 Å². The van der Waals surface area contributed by atoms with Crippen LogP contribution in [0.2, 0.25) is 0 Å². The summed E-state index contributed by atoms with van der Waals surface area (Å²) in [4.78, 5) is 18.2. The van der Waals surface area contributed by atoms with Crippen molar-refractivity contribution in [2.24, 2.45) is 5.73 Å². The van der Waals surface area contributed by atoms with Gasteiger partial charge in [-0.25, -0.2) is 4.98 Å². The van der Waals surface area contributed by atoms with Crippen molar-refractivity contribution in [1.29, 1.82) is 0 Å². The van der Waals surface area contributed by atoms with Crippen LogP contribution in [0.4, 0.5) is 0 Å². The van der Waals surface area contributed by atoms with Gasteiger partial charge in [-0.2, -0.15) is 0 Å². The molecule has 2 aromatic heterocycles. The quantitative estimate of drug-likeness (QED) is 0.747. The van der Waals surface area contributed by atoms with Crippen LogP contribution in [0.1, 0.15) is 27.9 Å². The number of nitrogens with two attached hydrogens (primary N) is 1. The number of hydrogen-bond acceptors (Lipinski definition) is 4. The van der Waals surface area contributed by atoms with Gasteiger partial charge in [0.25, 0.3) is 5.91 Å². The van der Waals surface area contributed by atoms with Crippen LogP contribution in [-0.4, -0.2) is 45.6 Å². The Hall–Kier alpha value is -3.12. The highest BCUT2D eigenvalue weighted by Gasteiger charge is 2.13. The zero-order chi connectivity index (χ0) is 19.0. The Morgan fingerprint density at radius 2 is 2.15 bits per heavy atom. The summed E-state index contributed by atoms with van der Waals surface area (Å²) in [5.74, 6) is -0.733. The molecule has 4 rings (SSSR count). The molecule has 0 spiro atoms. The Labute approximate surface area is 157 Å². The molecule has 0 saturated carbocycles. The second-order valence-electron chi connectivity index (χ2n) is 7.04. The number of likely N-dealkylation sites (N-methyl/N-ethyl adjacent to an activating group) is 1. The summed E-state index contributed by atoms with van der Waals surface area (Å²) < 4.78 is 2.03. The van der Waals surface area contributed by atoms with E-state index in [1.54, 1.807) is 18.2 Å². The minimum absolute atomic E-state index is 0.0964. The van der Waals surface area contributed by atoms with Crippen LogP contribution in [0.3, 0.4) is 0 Å². The van der Waals surface area contributed by atoms with Crippen LogP contribution in [0.25, 0.3) is 16.6 Å². The molecule has 0 unspecified atom stereocenters. The van der Waals surface area contributed by atoms with Gasteiger partial charge in [-0.15, -0.1) is 0 Å². The largest absolute Gasteiger partial charge is 0.507 e. The van der Waals surface area contributed by atoms with Gasteiger partial charge in [-0.05, 0) is 54.4 Å². The van der Waals surface area contributed by atoms with Crippen LogP contribution in [0, 0.1) is 0 Å². The first kappa shape index (κ1) is 17.3. The molecule has 27 heavy (non-hydrogen) atoms. The number of benzene rings is 1. The smallest absolute Gasteiger partial charge is 0.252 e. The van der Waals surface area contributed by atoms with Crippen molar-refractivity contribution in [1.82, 2.24) is 14.5 Å². The highest BCUT2D eigenvalue weighted by molar-refractivity contribution is 5.95. The molecule has 0 bridgehead atoms. The third kappa shape index (κ3) is 3.44. The number of primary amides is 1. The van der Waals surface area contributed by atoms with E-state index in [0.29, 0.717) is 6.54 Å². The lowest BCUT2D eigenvalue weighted by Gasteiger charge is -2.21. The number of aromatic nitrogens is 2. The van der Waals surface area contributed by atoms with Gasteiger partial charge >= 0.3 is 0 Å². The number of carbonyl (C=O) groups excluding carboxylic acids is 1. The van der Waals surface area contributed by atoms with Gasteiger partial charge in [0.05, 0.1) is 5.56 Å². The average Bonchev–Trinajstić information content (AvgIpc) is 3.04. The molecular formula is C21H22N4O2. The zero-order valence-corrected chi connectivity index (χ0v) is 15.2. The molecule has 1 amide bonds. The van der Waals surface area contributed by atoms with Gasteiger partial charge in [0.15, 0.2) is 0 Å². The normalized spacial score (nSPS) is 15.1. The molecule has 0 radical (unpaired) electrons. The van der Waals surface area contributed by atoms with Gasteiger partial charge in [0.2, 0.25) is 0 Å². The topological polar surface area (TPSA) is 84.4 Å². The fourth-order valence-electron chi connectivity index (χ4n) is 3.49. The van der Waals surface area contributed by atoms with Gasteiger partial charge in [0.1, 0.15) is 11.4 Å². The Kier molecular flexibility index (Phi) is 4.41. The molecule has 1 aliphatic heterocycles. The van der Waals surface area contributed by atoms with E-state index in [1.165, 1.54) is 11.1 Å². The van der Waals surface area contributed by atoms with Gasteiger partial charge in [-0.1, -0.05) is 12.1 Å². The van der Waals surface area contributed by atoms with Crippen molar-refractivity contribution in [3.05, 3.63) is 65.5 Å². The Balaban J connectivity index is 1.60. The van der Waals surface area contributed by atoms with E-state index < -0.39 is 5.91 Å². The Morgan fingerprint density at radius 1 is 1.30 bits per heavy atom. The van der Waals surface area contributed by atoms with Gasteiger partial charge in [-0.3, -0.25) is 4.79 Å². The molecule has 6 heteroatoms. The minimum atomic E-state index is -0.636. The average molecular weight is 362 g/mol. The zero-order valence-electron chi connectivity index (χ0n) is 15.2. The lowest BCUT2D eigenvalue weighted by Crippen LogP contribution is -2.23. The van der Waals surface area contributed by atoms with E-state index in [0.717, 1.165) is 36.1 Å². The molecule has 0 atom stereocenters. The molecule has 3 N–H and O–H groups in total. The Bertz CT molecular complexity index is 1050. The van der Waals surface area contributed by atoms with Crippen LogP contribution in [0.5, 0.6) is 5.75 Å². The predicted molar refractivity (Wildman–Crippen MR) is 106 cm³/mol. The van der Waals surface area contributed by atoms with Crippen LogP contribution < -0.4 is 5.73 Å². The summed E-state index contributed by atoms with van der Waals surface area (Å²) >= 11 is 0. The molecule has 138 valence electrons. The summed E-state index contributed by atoms with van der Waals surface area (Å²) in [6, 6.07) is 9.16. The lowest BCUT2D eigenvalue weighted by molar-refractivity contribution is 0.0997. The second-order valence-corrected chi connectivity index (χ2v) is 7.04. The van der Waals surface area contributed by atoms with Crippen molar-refractivity contribution >= 4 is 22.5 Å². The highest BCUT2D eigenvalue weighted by atomic mass is 16.3. The SMILES string of the molecule is CN1CC=C(c2cnc3c(ccn3Cc3ccc(C(N)=O)c(O)c3)c2)CC1. The number of rotatable bonds is 4. The third-order valence-corrected chi connectivity index (χ3v) is 5.06. The molecule has 3 heterocycles. The van der Waals surface area contributed by atoms with Crippen molar-refractivity contribution < 1.29 is 9.90 Å². The first-order valence-corrected chi connectivity index (χ1v) is 8.96. The molecule has 0 aliphatic carbocycles. The van der Waals surface area contributed by atoms with Crippen LogP contribution in [0.15, 0.2) is 48.8 Å². The van der Waals surface area contributed by atoms with Crippen molar-refractivity contribution in [2.45, 2.75) is 13.0 Å². The minimum Gasteiger partial charge on any atom is -0.507 e. The predicted octanol–water partition coefficient (Wildman–Crippen LogP) is 2.61. The standard InChI is InChI=1S/C21H22N4O2/c1-24-7-4-15(5-8-24)17-11-16-6-9-25(21(16)23-12-17)13-14-2-3-18(20(22)27)19(26)10-14/h2-4,6,9-12,26H,5,7-8,13H2,1H3,(H2,22,27). The van der Waals surface area contributed by atoms with Crippen LogP contribution in [-0.2, 0) is 6.54 Å². The number of hydrogen-bond donors (Lipinski definition) is 2. The van der Waals surface area contributed by atoms with E-state index in [2.05, 4.69) is 35.1 Å². The van der Waals surface area contributed by atoms with Crippen molar-refractivity contribution in [2.75, 3.05) is 20.1 Å². The maximum atomic E-state index is 11.2. The van der Waals surface area contributed by atoms with E-state index in [-0.39, 0.29) is 11.3 Å². The summed E-state index contributed by atoms with van der Waals surface area (Å²) in [6.07, 6.45) is 7.23. The summed E-state index contributed by atoms with van der Waals surface area (Å²) in [5.41, 5.74) is 9.66. The maximum absolute atomic E-state index is 11.2. The summed E-state index contributed by atoms with van der Waals surface area (Å²) in [5, 5.41) is 11.1. The summed E-state index contributed by atoms with van der Waals surface area (Å²) in [6.45, 7) is 2.59. The van der Waals surface area contributed by atoms with Gasteiger partial charge < -0.3 is 20.3 Å². The fraction of sp³-hybridized carbons (Fsp3) is 0.238.